The topological polar surface area (TPSA) is 67.1 Å². The van der Waals surface area contributed by atoms with Crippen LogP contribution in [0.1, 0.15) is 24.0 Å². The lowest BCUT2D eigenvalue weighted by Crippen LogP contribution is -2.32. The van der Waals surface area contributed by atoms with Crippen molar-refractivity contribution in [1.29, 1.82) is 0 Å². The van der Waals surface area contributed by atoms with Crippen LogP contribution in [-0.2, 0) is 4.79 Å². The van der Waals surface area contributed by atoms with Crippen molar-refractivity contribution >= 4 is 28.8 Å². The van der Waals surface area contributed by atoms with Crippen LogP contribution in [0.2, 0.25) is 0 Å². The summed E-state index contributed by atoms with van der Waals surface area (Å²) in [5.74, 6) is 0.126. The Kier molecular flexibility index (Phi) is 3.81. The number of carbonyl (C=O) groups excluding carboxylic acids is 1. The molecule has 4 nitrogen and oxygen atoms in total. The summed E-state index contributed by atoms with van der Waals surface area (Å²) in [6.07, 6.45) is 1.49. The van der Waals surface area contributed by atoms with E-state index in [9.17, 15) is 4.79 Å². The van der Waals surface area contributed by atoms with Gasteiger partial charge in [0.05, 0.1) is 0 Å². The van der Waals surface area contributed by atoms with E-state index in [1.807, 2.05) is 25.1 Å². The van der Waals surface area contributed by atoms with Crippen molar-refractivity contribution in [2.24, 2.45) is 5.73 Å². The summed E-state index contributed by atoms with van der Waals surface area (Å²) in [4.78, 5) is 11.5. The van der Waals surface area contributed by atoms with Crippen LogP contribution in [0.15, 0.2) is 18.2 Å². The van der Waals surface area contributed by atoms with Gasteiger partial charge in [-0.25, -0.2) is 0 Å². The molecule has 1 aromatic carbocycles. The van der Waals surface area contributed by atoms with Crippen molar-refractivity contribution < 1.29 is 4.79 Å². The molecule has 0 saturated carbocycles. The highest BCUT2D eigenvalue weighted by Gasteiger charge is 2.20. The first kappa shape index (κ1) is 12.8. The number of anilines is 1. The van der Waals surface area contributed by atoms with Crippen molar-refractivity contribution in [1.82, 2.24) is 5.32 Å². The number of carbonyl (C=O) groups is 1. The number of hydrogen-bond acceptors (Lipinski definition) is 3. The first-order chi connectivity index (χ1) is 8.56. The monoisotopic (exact) mass is 263 g/mol. The first-order valence-electron chi connectivity index (χ1n) is 6.00. The Hall–Kier alpha value is -1.62. The van der Waals surface area contributed by atoms with Gasteiger partial charge in [0.2, 0.25) is 5.91 Å². The molecule has 1 unspecified atom stereocenters. The van der Waals surface area contributed by atoms with Crippen LogP contribution in [0.25, 0.3) is 0 Å². The van der Waals surface area contributed by atoms with Gasteiger partial charge in [-0.05, 0) is 31.0 Å². The largest absolute Gasteiger partial charge is 0.389 e. The van der Waals surface area contributed by atoms with Crippen molar-refractivity contribution in [3.8, 4) is 0 Å². The zero-order chi connectivity index (χ0) is 13.1. The Morgan fingerprint density at radius 2 is 2.39 bits per heavy atom. The third kappa shape index (κ3) is 2.98. The van der Waals surface area contributed by atoms with Gasteiger partial charge in [-0.15, -0.1) is 0 Å². The molecule has 0 aliphatic carbocycles. The Morgan fingerprint density at radius 1 is 1.61 bits per heavy atom. The summed E-state index contributed by atoms with van der Waals surface area (Å²) in [6.45, 7) is 2.72. The minimum absolute atomic E-state index is 0.126. The normalized spacial score (nSPS) is 18.5. The van der Waals surface area contributed by atoms with Gasteiger partial charge >= 0.3 is 0 Å². The SMILES string of the molecule is Cc1ccc(C(N)=S)c(NCC2CCC(=O)N2)c1. The maximum absolute atomic E-state index is 11.1. The van der Waals surface area contributed by atoms with Crippen molar-refractivity contribution in [3.63, 3.8) is 0 Å². The minimum Gasteiger partial charge on any atom is -0.389 e. The molecule has 0 spiro atoms. The molecule has 1 aliphatic heterocycles. The average Bonchev–Trinajstić information content (AvgIpc) is 2.72. The number of amides is 1. The molecule has 1 atom stereocenters. The van der Waals surface area contributed by atoms with E-state index in [0.29, 0.717) is 18.0 Å². The summed E-state index contributed by atoms with van der Waals surface area (Å²) < 4.78 is 0. The summed E-state index contributed by atoms with van der Waals surface area (Å²) >= 11 is 5.03. The Morgan fingerprint density at radius 3 is 3.00 bits per heavy atom. The first-order valence-corrected chi connectivity index (χ1v) is 6.41. The molecule has 18 heavy (non-hydrogen) atoms. The number of nitrogens with two attached hydrogens (primary N) is 1. The molecular formula is C13H17N3OS. The highest BCUT2D eigenvalue weighted by molar-refractivity contribution is 7.80. The number of thiocarbonyl (C=S) groups is 1. The summed E-state index contributed by atoms with van der Waals surface area (Å²) in [5.41, 5.74) is 8.62. The Bertz CT molecular complexity index is 487. The van der Waals surface area contributed by atoms with Crippen molar-refractivity contribution in [2.75, 3.05) is 11.9 Å². The van der Waals surface area contributed by atoms with Gasteiger partial charge in [0, 0.05) is 30.3 Å². The molecule has 1 aromatic rings. The van der Waals surface area contributed by atoms with Crippen LogP contribution in [0.4, 0.5) is 5.69 Å². The zero-order valence-corrected chi connectivity index (χ0v) is 11.1. The summed E-state index contributed by atoms with van der Waals surface area (Å²) in [5, 5.41) is 6.24. The number of nitrogens with one attached hydrogen (secondary N) is 2. The molecule has 1 saturated heterocycles. The third-order valence-electron chi connectivity index (χ3n) is 3.06. The lowest BCUT2D eigenvalue weighted by molar-refractivity contribution is -0.119. The fraction of sp³-hybridized carbons (Fsp3) is 0.385. The molecule has 5 heteroatoms. The Labute approximate surface area is 112 Å². The molecule has 1 aliphatic rings. The summed E-state index contributed by atoms with van der Waals surface area (Å²) in [7, 11) is 0. The van der Waals surface area contributed by atoms with Crippen LogP contribution in [0.5, 0.6) is 0 Å². The molecule has 1 amide bonds. The number of aryl methyl sites for hydroxylation is 1. The van der Waals surface area contributed by atoms with Gasteiger partial charge < -0.3 is 16.4 Å². The van der Waals surface area contributed by atoms with E-state index in [0.717, 1.165) is 23.2 Å². The van der Waals surface area contributed by atoms with Crippen LogP contribution >= 0.6 is 12.2 Å². The maximum Gasteiger partial charge on any atom is 0.220 e. The number of benzene rings is 1. The lowest BCUT2D eigenvalue weighted by Gasteiger charge is -2.15. The van der Waals surface area contributed by atoms with Crippen molar-refractivity contribution in [2.45, 2.75) is 25.8 Å². The molecule has 0 bridgehead atoms. The van der Waals surface area contributed by atoms with Gasteiger partial charge in [-0.1, -0.05) is 18.3 Å². The second kappa shape index (κ2) is 5.35. The fourth-order valence-electron chi connectivity index (χ4n) is 2.08. The predicted molar refractivity (Wildman–Crippen MR) is 76.7 cm³/mol. The number of hydrogen-bond donors (Lipinski definition) is 3. The average molecular weight is 263 g/mol. The van der Waals surface area contributed by atoms with Gasteiger partial charge in [0.25, 0.3) is 0 Å². The van der Waals surface area contributed by atoms with E-state index in [1.165, 1.54) is 0 Å². The van der Waals surface area contributed by atoms with Gasteiger partial charge in [0.1, 0.15) is 4.99 Å². The predicted octanol–water partition coefficient (Wildman–Crippen LogP) is 1.32. The molecule has 2 rings (SSSR count). The van der Waals surface area contributed by atoms with Gasteiger partial charge in [-0.3, -0.25) is 4.79 Å². The lowest BCUT2D eigenvalue weighted by atomic mass is 10.1. The molecule has 1 fully saturated rings. The molecule has 4 N–H and O–H groups in total. The maximum atomic E-state index is 11.1. The van der Waals surface area contributed by atoms with E-state index in [1.54, 1.807) is 0 Å². The quantitative estimate of drug-likeness (QED) is 0.717. The molecule has 1 heterocycles. The zero-order valence-electron chi connectivity index (χ0n) is 10.3. The highest BCUT2D eigenvalue weighted by atomic mass is 32.1. The van der Waals surface area contributed by atoms with Crippen LogP contribution in [0.3, 0.4) is 0 Å². The van der Waals surface area contributed by atoms with Crippen LogP contribution in [-0.4, -0.2) is 23.5 Å². The summed E-state index contributed by atoms with van der Waals surface area (Å²) in [6, 6.07) is 6.12. The van der Waals surface area contributed by atoms with Gasteiger partial charge in [0.15, 0.2) is 0 Å². The van der Waals surface area contributed by atoms with E-state index in [-0.39, 0.29) is 11.9 Å². The molecular weight excluding hydrogens is 246 g/mol. The van der Waals surface area contributed by atoms with E-state index >= 15 is 0 Å². The van der Waals surface area contributed by atoms with Crippen LogP contribution < -0.4 is 16.4 Å². The van der Waals surface area contributed by atoms with Crippen molar-refractivity contribution in [3.05, 3.63) is 29.3 Å². The molecule has 0 radical (unpaired) electrons. The highest BCUT2D eigenvalue weighted by Crippen LogP contribution is 2.18. The van der Waals surface area contributed by atoms with E-state index in [2.05, 4.69) is 10.6 Å². The third-order valence-corrected chi connectivity index (χ3v) is 3.28. The molecule has 96 valence electrons. The Balaban J connectivity index is 2.06. The minimum atomic E-state index is 0.126. The van der Waals surface area contributed by atoms with Crippen LogP contribution in [0, 0.1) is 6.92 Å². The van der Waals surface area contributed by atoms with Gasteiger partial charge in [-0.2, -0.15) is 0 Å². The fourth-order valence-corrected chi connectivity index (χ4v) is 2.26. The second-order valence-corrected chi connectivity index (χ2v) is 5.04. The number of rotatable bonds is 4. The second-order valence-electron chi connectivity index (χ2n) is 4.60. The smallest absolute Gasteiger partial charge is 0.220 e. The molecule has 0 aromatic heterocycles. The van der Waals surface area contributed by atoms with E-state index in [4.69, 9.17) is 18.0 Å². The van der Waals surface area contributed by atoms with E-state index < -0.39 is 0 Å². The standard InChI is InChI=1S/C13H17N3OS/c1-8-2-4-10(13(14)18)11(6-8)15-7-9-3-5-12(17)16-9/h2,4,6,9,15H,3,5,7H2,1H3,(H2,14,18)(H,16,17).